The lowest BCUT2D eigenvalue weighted by Crippen LogP contribution is -2.29. The molecule has 0 aliphatic heterocycles. The molecular weight excluding hydrogens is 402 g/mol. The summed E-state index contributed by atoms with van der Waals surface area (Å²) in [6, 6.07) is 10.2. The van der Waals surface area contributed by atoms with E-state index < -0.39 is 0 Å². The van der Waals surface area contributed by atoms with Gasteiger partial charge in [0, 0.05) is 41.5 Å². The number of ether oxygens (including phenoxy) is 1. The maximum Gasteiger partial charge on any atom is 0.253 e. The monoisotopic (exact) mass is 425 g/mol. The number of rotatable bonds is 6. The van der Waals surface area contributed by atoms with Crippen LogP contribution in [0.15, 0.2) is 67.3 Å². The smallest absolute Gasteiger partial charge is 0.253 e. The Balaban J connectivity index is 0.000000199. The van der Waals surface area contributed by atoms with Crippen LogP contribution < -0.4 is 10.1 Å². The maximum absolute atomic E-state index is 12.1. The molecule has 32 heavy (non-hydrogen) atoms. The number of Topliss-reactive ketones (excluding diaryl/α,β-unsaturated/α-hetero) is 1. The molecule has 5 rings (SSSR count). The zero-order chi connectivity index (χ0) is 22.5. The van der Waals surface area contributed by atoms with Crippen molar-refractivity contribution in [3.05, 3.63) is 95.1 Å². The summed E-state index contributed by atoms with van der Waals surface area (Å²) >= 11 is 0. The van der Waals surface area contributed by atoms with Crippen molar-refractivity contribution in [2.75, 3.05) is 6.54 Å². The van der Waals surface area contributed by atoms with Crippen LogP contribution in [-0.2, 0) is 0 Å². The van der Waals surface area contributed by atoms with Crippen molar-refractivity contribution in [3.63, 3.8) is 0 Å². The number of carbonyl (C=O) groups excluding carboxylic acids is 2. The molecule has 6 heteroatoms. The lowest BCUT2D eigenvalue weighted by Gasteiger charge is -2.10. The summed E-state index contributed by atoms with van der Waals surface area (Å²) in [6.45, 7) is 3.77. The first-order chi connectivity index (χ1) is 15.5. The van der Waals surface area contributed by atoms with Crippen LogP contribution in [0.25, 0.3) is 17.7 Å². The molecule has 4 bridgehead atoms. The van der Waals surface area contributed by atoms with Crippen molar-refractivity contribution in [1.29, 1.82) is 0 Å². The van der Waals surface area contributed by atoms with Gasteiger partial charge in [-0.2, -0.15) is 0 Å². The number of amides is 1. The molecule has 1 aromatic carbocycles. The predicted molar refractivity (Wildman–Crippen MR) is 124 cm³/mol. The number of pyridine rings is 2. The molecule has 0 atom stereocenters. The van der Waals surface area contributed by atoms with Crippen LogP contribution in [0.3, 0.4) is 0 Å². The van der Waals surface area contributed by atoms with Crippen LogP contribution >= 0.6 is 0 Å². The fraction of sp³-hybridized carbons (Fsp3) is 0.154. The van der Waals surface area contributed by atoms with Crippen LogP contribution in [-0.4, -0.2) is 34.3 Å². The number of benzene rings is 1. The Morgan fingerprint density at radius 3 is 2.56 bits per heavy atom. The van der Waals surface area contributed by atoms with Crippen molar-refractivity contribution in [2.24, 2.45) is 0 Å². The zero-order valence-electron chi connectivity index (χ0n) is 17.9. The Morgan fingerprint density at radius 2 is 1.84 bits per heavy atom. The van der Waals surface area contributed by atoms with Gasteiger partial charge in [-0.1, -0.05) is 24.3 Å². The van der Waals surface area contributed by atoms with Gasteiger partial charge in [0.1, 0.15) is 5.75 Å². The Kier molecular flexibility index (Phi) is 6.22. The second-order valence-electron chi connectivity index (χ2n) is 7.66. The quantitative estimate of drug-likeness (QED) is 0.591. The summed E-state index contributed by atoms with van der Waals surface area (Å²) in [6.07, 6.45) is 13.4. The third kappa shape index (κ3) is 4.81. The molecule has 1 amide bonds. The molecule has 2 aliphatic carbocycles. The summed E-state index contributed by atoms with van der Waals surface area (Å²) < 4.78 is 5.55. The number of nitrogens with one attached hydrogen (secondary N) is 1. The molecule has 0 radical (unpaired) electrons. The van der Waals surface area contributed by atoms with Gasteiger partial charge in [-0.3, -0.25) is 19.6 Å². The third-order valence-corrected chi connectivity index (χ3v) is 4.93. The lowest BCUT2D eigenvalue weighted by atomic mass is 10.1. The van der Waals surface area contributed by atoms with Gasteiger partial charge in [0.2, 0.25) is 0 Å². The average Bonchev–Trinajstić information content (AvgIpc) is 3.29. The standard InChI is InChI=1S/C17H18N2O3.C9H5N/c1-12(2)22-15-7-3-5-13(9-15)16(20)11-19-17(21)14-6-4-8-18-10-14;1-2-8-7-3-6(1)9(8)5-10-4-7/h3-10,12H,11H2,1-2H3,(H,19,21);1-5H. The van der Waals surface area contributed by atoms with E-state index >= 15 is 0 Å². The Hall–Kier alpha value is -4.06. The average molecular weight is 425 g/mol. The van der Waals surface area contributed by atoms with Gasteiger partial charge in [0.25, 0.3) is 5.91 Å². The molecule has 160 valence electrons. The third-order valence-electron chi connectivity index (χ3n) is 4.93. The normalized spacial score (nSPS) is 12.2. The highest BCUT2D eigenvalue weighted by Crippen LogP contribution is 2.38. The van der Waals surface area contributed by atoms with Gasteiger partial charge in [-0.15, -0.1) is 0 Å². The Labute approximate surface area is 186 Å². The number of nitrogens with zero attached hydrogens (tertiary/aromatic N) is 2. The number of aromatic nitrogens is 2. The highest BCUT2D eigenvalue weighted by Gasteiger charge is 2.19. The maximum atomic E-state index is 12.1. The van der Waals surface area contributed by atoms with E-state index in [9.17, 15) is 9.59 Å². The number of hydrogen-bond acceptors (Lipinski definition) is 5. The summed E-state index contributed by atoms with van der Waals surface area (Å²) in [5.41, 5.74) is 6.18. The van der Waals surface area contributed by atoms with Crippen molar-refractivity contribution < 1.29 is 14.3 Å². The van der Waals surface area contributed by atoms with E-state index in [4.69, 9.17) is 4.74 Å². The summed E-state index contributed by atoms with van der Waals surface area (Å²) in [5, 5.41) is 2.59. The first-order valence-electron chi connectivity index (χ1n) is 10.4. The van der Waals surface area contributed by atoms with Crippen LogP contribution in [0.1, 0.15) is 51.3 Å². The minimum atomic E-state index is -0.323. The van der Waals surface area contributed by atoms with Crippen LogP contribution in [0.5, 0.6) is 5.75 Å². The fourth-order valence-electron chi connectivity index (χ4n) is 3.45. The van der Waals surface area contributed by atoms with Gasteiger partial charge in [-0.25, -0.2) is 0 Å². The lowest BCUT2D eigenvalue weighted by molar-refractivity contribution is 0.0903. The highest BCUT2D eigenvalue weighted by atomic mass is 16.5. The minimum absolute atomic E-state index is 0.0376. The van der Waals surface area contributed by atoms with E-state index in [1.807, 2.05) is 26.2 Å². The first-order valence-corrected chi connectivity index (χ1v) is 10.4. The van der Waals surface area contributed by atoms with E-state index in [1.54, 1.807) is 42.6 Å². The topological polar surface area (TPSA) is 81.2 Å². The number of hydrogen-bond donors (Lipinski definition) is 1. The van der Waals surface area contributed by atoms with Crippen molar-refractivity contribution in [3.8, 4) is 5.75 Å². The molecule has 2 heterocycles. The first kappa shape index (κ1) is 21.2. The van der Waals surface area contributed by atoms with Gasteiger partial charge >= 0.3 is 0 Å². The molecule has 0 saturated carbocycles. The zero-order valence-corrected chi connectivity index (χ0v) is 17.9. The molecule has 0 saturated heterocycles. The van der Waals surface area contributed by atoms with Crippen molar-refractivity contribution >= 4 is 29.4 Å². The molecule has 6 nitrogen and oxygen atoms in total. The molecule has 3 aromatic rings. The predicted octanol–water partition coefficient (Wildman–Crippen LogP) is 4.44. The summed E-state index contributed by atoms with van der Waals surface area (Å²) in [4.78, 5) is 32.0. The van der Waals surface area contributed by atoms with E-state index in [-0.39, 0.29) is 24.3 Å². The molecule has 2 aliphatic rings. The molecule has 1 N–H and O–H groups in total. The van der Waals surface area contributed by atoms with Crippen LogP contribution in [0, 0.1) is 0 Å². The molecular formula is C26H23N3O3. The highest BCUT2D eigenvalue weighted by molar-refractivity contribution is 6.05. The van der Waals surface area contributed by atoms with Gasteiger partial charge in [0.05, 0.1) is 18.2 Å². The van der Waals surface area contributed by atoms with Gasteiger partial charge in [0.15, 0.2) is 5.78 Å². The molecule has 0 spiro atoms. The van der Waals surface area contributed by atoms with E-state index in [2.05, 4.69) is 33.5 Å². The van der Waals surface area contributed by atoms with E-state index in [0.29, 0.717) is 16.9 Å². The molecule has 0 fully saturated rings. The molecule has 2 aromatic heterocycles. The summed E-state index contributed by atoms with van der Waals surface area (Å²) in [5.74, 6) is 0.141. The van der Waals surface area contributed by atoms with Gasteiger partial charge in [-0.05, 0) is 55.3 Å². The molecule has 0 unspecified atom stereocenters. The van der Waals surface area contributed by atoms with Crippen molar-refractivity contribution in [2.45, 2.75) is 20.0 Å². The van der Waals surface area contributed by atoms with Crippen molar-refractivity contribution in [1.82, 2.24) is 15.3 Å². The van der Waals surface area contributed by atoms with E-state index in [1.165, 1.54) is 28.5 Å². The van der Waals surface area contributed by atoms with Gasteiger partial charge < -0.3 is 10.1 Å². The van der Waals surface area contributed by atoms with Crippen LogP contribution in [0.2, 0.25) is 0 Å². The summed E-state index contributed by atoms with van der Waals surface area (Å²) in [7, 11) is 0. The second-order valence-corrected chi connectivity index (χ2v) is 7.66. The minimum Gasteiger partial charge on any atom is -0.491 e. The number of ketones is 1. The SMILES string of the molecule is C1=Cc2c3cncc2C1=C3.CC(C)Oc1cccc(C(=O)CNC(=O)c2cccnc2)c1. The fourth-order valence-corrected chi connectivity index (χ4v) is 3.45. The number of carbonyl (C=O) groups is 2. The Bertz CT molecular complexity index is 1210. The van der Waals surface area contributed by atoms with Crippen LogP contribution in [0.4, 0.5) is 0 Å². The second kappa shape index (κ2) is 9.39. The van der Waals surface area contributed by atoms with E-state index in [0.717, 1.165) is 0 Å². The largest absolute Gasteiger partial charge is 0.491 e. The number of allylic oxidation sites excluding steroid dienone is 2. The Morgan fingerprint density at radius 1 is 1.00 bits per heavy atom.